The molecule has 0 spiro atoms. The SMILES string of the molecule is CCC(C(=O)O)S(=O)(=O)CCc1ccncc1. The molecule has 0 amide bonds. The van der Waals surface area contributed by atoms with Gasteiger partial charge in [-0.2, -0.15) is 0 Å². The van der Waals surface area contributed by atoms with E-state index in [4.69, 9.17) is 5.11 Å². The van der Waals surface area contributed by atoms with Gasteiger partial charge in [-0.25, -0.2) is 8.42 Å². The number of pyridine rings is 1. The van der Waals surface area contributed by atoms with Crippen molar-refractivity contribution in [2.75, 3.05) is 5.75 Å². The Hall–Kier alpha value is -1.43. The smallest absolute Gasteiger partial charge is 0.321 e. The standard InChI is InChI=1S/C11H15NO4S/c1-2-10(11(13)14)17(15,16)8-5-9-3-6-12-7-4-9/h3-4,6-7,10H,2,5,8H2,1H3,(H,13,14). The van der Waals surface area contributed by atoms with Crippen molar-refractivity contribution < 1.29 is 18.3 Å². The summed E-state index contributed by atoms with van der Waals surface area (Å²) in [6, 6.07) is 3.44. The third kappa shape index (κ3) is 3.81. The number of aromatic nitrogens is 1. The van der Waals surface area contributed by atoms with Crippen LogP contribution >= 0.6 is 0 Å². The van der Waals surface area contributed by atoms with Crippen molar-refractivity contribution in [3.63, 3.8) is 0 Å². The molecule has 0 aliphatic carbocycles. The zero-order valence-corrected chi connectivity index (χ0v) is 10.4. The van der Waals surface area contributed by atoms with E-state index in [-0.39, 0.29) is 12.2 Å². The molecule has 1 aromatic heterocycles. The monoisotopic (exact) mass is 257 g/mol. The molecule has 94 valence electrons. The minimum Gasteiger partial charge on any atom is -0.480 e. The number of nitrogens with zero attached hydrogens (tertiary/aromatic N) is 1. The average Bonchev–Trinajstić information content (AvgIpc) is 2.28. The first-order chi connectivity index (χ1) is 7.97. The summed E-state index contributed by atoms with van der Waals surface area (Å²) in [6.07, 6.45) is 3.57. The van der Waals surface area contributed by atoms with Crippen LogP contribution in [0.4, 0.5) is 0 Å². The van der Waals surface area contributed by atoms with Gasteiger partial charge in [0.1, 0.15) is 0 Å². The molecule has 1 heterocycles. The summed E-state index contributed by atoms with van der Waals surface area (Å²) < 4.78 is 23.6. The fourth-order valence-corrected chi connectivity index (χ4v) is 3.15. The third-order valence-corrected chi connectivity index (χ3v) is 4.68. The minimum atomic E-state index is -3.59. The molecule has 1 atom stereocenters. The molecule has 1 aromatic rings. The first-order valence-electron chi connectivity index (χ1n) is 5.30. The largest absolute Gasteiger partial charge is 0.480 e. The molecule has 1 rings (SSSR count). The maximum Gasteiger partial charge on any atom is 0.321 e. The number of carboxylic acids is 1. The summed E-state index contributed by atoms with van der Waals surface area (Å²) in [4.78, 5) is 14.6. The van der Waals surface area contributed by atoms with Crippen molar-refractivity contribution in [2.24, 2.45) is 0 Å². The number of aryl methyl sites for hydroxylation is 1. The normalized spacial score (nSPS) is 13.2. The Morgan fingerprint density at radius 3 is 2.47 bits per heavy atom. The van der Waals surface area contributed by atoms with Crippen LogP contribution in [-0.4, -0.2) is 35.5 Å². The summed E-state index contributed by atoms with van der Waals surface area (Å²) >= 11 is 0. The predicted molar refractivity (Wildman–Crippen MR) is 63.4 cm³/mol. The summed E-state index contributed by atoms with van der Waals surface area (Å²) in [5, 5.41) is 7.52. The summed E-state index contributed by atoms with van der Waals surface area (Å²) in [7, 11) is -3.59. The molecule has 0 aromatic carbocycles. The zero-order chi connectivity index (χ0) is 12.9. The van der Waals surface area contributed by atoms with Gasteiger partial charge in [0.25, 0.3) is 0 Å². The molecule has 0 aliphatic heterocycles. The molecule has 0 fully saturated rings. The Kier molecular flexibility index (Phi) is 4.62. The lowest BCUT2D eigenvalue weighted by atomic mass is 10.2. The second-order valence-corrected chi connectivity index (χ2v) is 6.01. The molecule has 6 heteroatoms. The highest BCUT2D eigenvalue weighted by atomic mass is 32.2. The van der Waals surface area contributed by atoms with E-state index in [0.29, 0.717) is 6.42 Å². The highest BCUT2D eigenvalue weighted by Crippen LogP contribution is 2.10. The number of carboxylic acid groups (broad SMARTS) is 1. The van der Waals surface area contributed by atoms with Crippen LogP contribution < -0.4 is 0 Å². The van der Waals surface area contributed by atoms with Crippen LogP contribution in [0.1, 0.15) is 18.9 Å². The Labute approximate surface area is 100 Å². The second kappa shape index (κ2) is 5.77. The van der Waals surface area contributed by atoms with E-state index in [1.165, 1.54) is 0 Å². The van der Waals surface area contributed by atoms with Crippen molar-refractivity contribution in [3.05, 3.63) is 30.1 Å². The van der Waals surface area contributed by atoms with Crippen LogP contribution in [0.5, 0.6) is 0 Å². The molecule has 0 bridgehead atoms. The molecule has 0 saturated heterocycles. The van der Waals surface area contributed by atoms with Crippen molar-refractivity contribution >= 4 is 15.8 Å². The van der Waals surface area contributed by atoms with Crippen LogP contribution in [0.3, 0.4) is 0 Å². The minimum absolute atomic E-state index is 0.0913. The first-order valence-corrected chi connectivity index (χ1v) is 7.02. The van der Waals surface area contributed by atoms with Gasteiger partial charge >= 0.3 is 5.97 Å². The predicted octanol–water partition coefficient (Wildman–Crippen LogP) is 0.902. The van der Waals surface area contributed by atoms with Crippen molar-refractivity contribution in [2.45, 2.75) is 25.0 Å². The number of aliphatic carboxylic acids is 1. The fraction of sp³-hybridized carbons (Fsp3) is 0.455. The molecule has 5 nitrogen and oxygen atoms in total. The van der Waals surface area contributed by atoms with Crippen LogP contribution in [0.25, 0.3) is 0 Å². The fourth-order valence-electron chi connectivity index (χ4n) is 1.53. The number of sulfone groups is 1. The molecular weight excluding hydrogens is 242 g/mol. The molecule has 0 saturated carbocycles. The van der Waals surface area contributed by atoms with E-state index >= 15 is 0 Å². The maximum absolute atomic E-state index is 11.8. The number of rotatable bonds is 6. The second-order valence-electron chi connectivity index (χ2n) is 3.71. The van der Waals surface area contributed by atoms with Crippen LogP contribution in [0, 0.1) is 0 Å². The van der Waals surface area contributed by atoms with E-state index < -0.39 is 21.1 Å². The lowest BCUT2D eigenvalue weighted by Crippen LogP contribution is -2.32. The van der Waals surface area contributed by atoms with Gasteiger partial charge in [0, 0.05) is 12.4 Å². The van der Waals surface area contributed by atoms with Gasteiger partial charge in [-0.3, -0.25) is 9.78 Å². The summed E-state index contributed by atoms with van der Waals surface area (Å²) in [6.45, 7) is 1.56. The van der Waals surface area contributed by atoms with Gasteiger partial charge in [-0.05, 0) is 30.5 Å². The molecule has 0 aliphatic rings. The summed E-state index contributed by atoms with van der Waals surface area (Å²) in [5.41, 5.74) is 0.837. The van der Waals surface area contributed by atoms with E-state index in [9.17, 15) is 13.2 Å². The van der Waals surface area contributed by atoms with Crippen molar-refractivity contribution in [1.29, 1.82) is 0 Å². The van der Waals surface area contributed by atoms with Crippen LogP contribution in [-0.2, 0) is 21.1 Å². The van der Waals surface area contributed by atoms with Gasteiger partial charge < -0.3 is 5.11 Å². The summed E-state index contributed by atoms with van der Waals surface area (Å²) in [5.74, 6) is -1.43. The third-order valence-electron chi connectivity index (χ3n) is 2.50. The van der Waals surface area contributed by atoms with E-state index in [1.807, 2.05) is 0 Å². The van der Waals surface area contributed by atoms with Crippen LogP contribution in [0.15, 0.2) is 24.5 Å². The Bertz CT molecular complexity index is 470. The highest BCUT2D eigenvalue weighted by molar-refractivity contribution is 7.92. The van der Waals surface area contributed by atoms with Crippen molar-refractivity contribution in [1.82, 2.24) is 4.98 Å². The van der Waals surface area contributed by atoms with Gasteiger partial charge in [0.05, 0.1) is 5.75 Å². The lowest BCUT2D eigenvalue weighted by molar-refractivity contribution is -0.136. The topological polar surface area (TPSA) is 84.3 Å². The quantitative estimate of drug-likeness (QED) is 0.818. The van der Waals surface area contributed by atoms with E-state index in [0.717, 1.165) is 5.56 Å². The van der Waals surface area contributed by atoms with E-state index in [1.54, 1.807) is 31.5 Å². The van der Waals surface area contributed by atoms with Crippen molar-refractivity contribution in [3.8, 4) is 0 Å². The molecule has 1 unspecified atom stereocenters. The van der Waals surface area contributed by atoms with Gasteiger partial charge in [0.15, 0.2) is 15.1 Å². The number of hydrogen-bond acceptors (Lipinski definition) is 4. The van der Waals surface area contributed by atoms with Gasteiger partial charge in [-0.15, -0.1) is 0 Å². The van der Waals surface area contributed by atoms with Gasteiger partial charge in [0.2, 0.25) is 0 Å². The Morgan fingerprint density at radius 1 is 1.41 bits per heavy atom. The number of hydrogen-bond donors (Lipinski definition) is 1. The average molecular weight is 257 g/mol. The molecule has 17 heavy (non-hydrogen) atoms. The van der Waals surface area contributed by atoms with E-state index in [2.05, 4.69) is 4.98 Å². The molecule has 0 radical (unpaired) electrons. The zero-order valence-electron chi connectivity index (χ0n) is 9.54. The lowest BCUT2D eigenvalue weighted by Gasteiger charge is -2.11. The Morgan fingerprint density at radius 2 is 2.00 bits per heavy atom. The Balaban J connectivity index is 2.71. The number of carbonyl (C=O) groups is 1. The molecular formula is C11H15NO4S. The highest BCUT2D eigenvalue weighted by Gasteiger charge is 2.30. The molecule has 1 N–H and O–H groups in total. The first kappa shape index (κ1) is 13.6. The maximum atomic E-state index is 11.8. The van der Waals surface area contributed by atoms with Gasteiger partial charge in [-0.1, -0.05) is 6.92 Å². The van der Waals surface area contributed by atoms with Crippen LogP contribution in [0.2, 0.25) is 0 Å².